The summed E-state index contributed by atoms with van der Waals surface area (Å²) in [5.74, 6) is 0.236. The van der Waals surface area contributed by atoms with Crippen molar-refractivity contribution in [3.63, 3.8) is 0 Å². The van der Waals surface area contributed by atoms with Crippen molar-refractivity contribution in [3.05, 3.63) is 52.8 Å². The molecule has 0 atom stereocenters. The Morgan fingerprint density at radius 2 is 1.84 bits per heavy atom. The first-order chi connectivity index (χ1) is 15.3. The Balaban J connectivity index is 1.41. The Morgan fingerprint density at radius 3 is 2.50 bits per heavy atom. The van der Waals surface area contributed by atoms with Gasteiger partial charge in [-0.1, -0.05) is 43.6 Å². The Morgan fingerprint density at radius 1 is 1.16 bits per heavy atom. The van der Waals surface area contributed by atoms with E-state index in [1.165, 1.54) is 11.8 Å². The average Bonchev–Trinajstić information content (AvgIpc) is 3.04. The minimum Gasteiger partial charge on any atom is -0.368 e. The maximum Gasteiger partial charge on any atom is 0.244 e. The van der Waals surface area contributed by atoms with Gasteiger partial charge in [0, 0.05) is 63.0 Å². The van der Waals surface area contributed by atoms with E-state index in [1.54, 1.807) is 10.8 Å². The van der Waals surface area contributed by atoms with Crippen molar-refractivity contribution >= 4 is 35.2 Å². The van der Waals surface area contributed by atoms with Gasteiger partial charge in [0.15, 0.2) is 0 Å². The molecule has 7 nitrogen and oxygen atoms in total. The first-order valence-electron chi connectivity index (χ1n) is 11.1. The molecule has 2 aromatic rings. The highest BCUT2D eigenvalue weighted by Gasteiger charge is 2.21. The van der Waals surface area contributed by atoms with Crippen molar-refractivity contribution in [1.82, 2.24) is 20.0 Å². The molecule has 1 saturated heterocycles. The number of aryl methyl sites for hydroxylation is 1. The van der Waals surface area contributed by atoms with Crippen LogP contribution in [0.3, 0.4) is 0 Å². The molecule has 1 fully saturated rings. The molecule has 2 heterocycles. The SMILES string of the molecule is Cc1nn(CC(C)C)c(Cl)c1/C=C/C(=O)NCCC(=O)N1CCN(c2ccccc2)CC1. The summed E-state index contributed by atoms with van der Waals surface area (Å²) in [5.41, 5.74) is 2.71. The van der Waals surface area contributed by atoms with Gasteiger partial charge in [-0.3, -0.25) is 14.3 Å². The number of benzene rings is 1. The van der Waals surface area contributed by atoms with Gasteiger partial charge in [-0.25, -0.2) is 0 Å². The molecule has 1 N–H and O–H groups in total. The molecule has 0 radical (unpaired) electrons. The van der Waals surface area contributed by atoms with Gasteiger partial charge in [-0.2, -0.15) is 5.10 Å². The lowest BCUT2D eigenvalue weighted by molar-refractivity contribution is -0.131. The van der Waals surface area contributed by atoms with E-state index in [4.69, 9.17) is 11.6 Å². The normalized spacial score (nSPS) is 14.4. The number of piperazine rings is 1. The van der Waals surface area contributed by atoms with Gasteiger partial charge in [0.05, 0.1) is 5.69 Å². The number of aromatic nitrogens is 2. The van der Waals surface area contributed by atoms with Crippen LogP contribution >= 0.6 is 11.6 Å². The van der Waals surface area contributed by atoms with Crippen molar-refractivity contribution in [3.8, 4) is 0 Å². The lowest BCUT2D eigenvalue weighted by Gasteiger charge is -2.36. The van der Waals surface area contributed by atoms with Gasteiger partial charge in [-0.15, -0.1) is 0 Å². The van der Waals surface area contributed by atoms with Crippen LogP contribution in [-0.4, -0.2) is 59.2 Å². The molecule has 1 aliphatic rings. The molecule has 32 heavy (non-hydrogen) atoms. The molecule has 0 aliphatic carbocycles. The predicted octanol–water partition coefficient (Wildman–Crippen LogP) is 3.37. The highest BCUT2D eigenvalue weighted by atomic mass is 35.5. The summed E-state index contributed by atoms with van der Waals surface area (Å²) >= 11 is 6.40. The number of para-hydroxylation sites is 1. The summed E-state index contributed by atoms with van der Waals surface area (Å²) < 4.78 is 1.76. The fourth-order valence-electron chi connectivity index (χ4n) is 3.74. The van der Waals surface area contributed by atoms with Crippen molar-refractivity contribution in [2.45, 2.75) is 33.7 Å². The van der Waals surface area contributed by atoms with Crippen LogP contribution in [0.5, 0.6) is 0 Å². The molecule has 0 unspecified atom stereocenters. The molecular formula is C24H32ClN5O2. The second kappa shape index (κ2) is 11.2. The Bertz CT molecular complexity index is 947. The fourth-order valence-corrected chi connectivity index (χ4v) is 4.05. The zero-order valence-corrected chi connectivity index (χ0v) is 19.8. The first kappa shape index (κ1) is 23.9. The van der Waals surface area contributed by atoms with Gasteiger partial charge in [0.25, 0.3) is 0 Å². The molecule has 0 saturated carbocycles. The highest BCUT2D eigenvalue weighted by molar-refractivity contribution is 6.31. The van der Waals surface area contributed by atoms with Gasteiger partial charge in [0.2, 0.25) is 11.8 Å². The summed E-state index contributed by atoms with van der Waals surface area (Å²) in [6, 6.07) is 10.2. The van der Waals surface area contributed by atoms with E-state index in [-0.39, 0.29) is 18.2 Å². The Kier molecular flexibility index (Phi) is 8.33. The van der Waals surface area contributed by atoms with E-state index in [1.807, 2.05) is 30.0 Å². The predicted molar refractivity (Wildman–Crippen MR) is 129 cm³/mol. The van der Waals surface area contributed by atoms with E-state index < -0.39 is 0 Å². The number of nitrogens with zero attached hydrogens (tertiary/aromatic N) is 4. The standard InChI is InChI=1S/C24H32ClN5O2/c1-18(2)17-30-24(25)21(19(3)27-30)9-10-22(31)26-12-11-23(32)29-15-13-28(14-16-29)20-7-5-4-6-8-20/h4-10,18H,11-17H2,1-3H3,(H,26,31)/b10-9+. The number of anilines is 1. The van der Waals surface area contributed by atoms with E-state index in [0.29, 0.717) is 30.7 Å². The van der Waals surface area contributed by atoms with Gasteiger partial charge in [-0.05, 0) is 31.1 Å². The first-order valence-corrected chi connectivity index (χ1v) is 11.5. The number of amides is 2. The molecular weight excluding hydrogens is 426 g/mol. The quantitative estimate of drug-likeness (QED) is 0.617. The average molecular weight is 458 g/mol. The zero-order valence-electron chi connectivity index (χ0n) is 19.1. The monoisotopic (exact) mass is 457 g/mol. The number of hydrogen-bond acceptors (Lipinski definition) is 4. The molecule has 0 spiro atoms. The van der Waals surface area contributed by atoms with E-state index in [2.05, 4.69) is 41.3 Å². The number of rotatable bonds is 8. The van der Waals surface area contributed by atoms with Crippen molar-refractivity contribution in [2.24, 2.45) is 5.92 Å². The lowest BCUT2D eigenvalue weighted by Crippen LogP contribution is -2.49. The molecule has 2 amide bonds. The third-order valence-electron chi connectivity index (χ3n) is 5.44. The van der Waals surface area contributed by atoms with Gasteiger partial charge >= 0.3 is 0 Å². The molecule has 0 bridgehead atoms. The Labute approximate surface area is 195 Å². The number of halogens is 1. The Hall–Kier alpha value is -2.80. The summed E-state index contributed by atoms with van der Waals surface area (Å²) in [5, 5.41) is 7.75. The highest BCUT2D eigenvalue weighted by Crippen LogP contribution is 2.22. The van der Waals surface area contributed by atoms with Crippen molar-refractivity contribution < 1.29 is 9.59 Å². The van der Waals surface area contributed by atoms with Crippen LogP contribution in [0.15, 0.2) is 36.4 Å². The number of nitrogens with one attached hydrogen (secondary N) is 1. The van der Waals surface area contributed by atoms with E-state index in [0.717, 1.165) is 30.9 Å². The third-order valence-corrected chi connectivity index (χ3v) is 5.84. The van der Waals surface area contributed by atoms with E-state index in [9.17, 15) is 9.59 Å². The van der Waals surface area contributed by atoms with Gasteiger partial charge in [0.1, 0.15) is 5.15 Å². The van der Waals surface area contributed by atoms with Gasteiger partial charge < -0.3 is 15.1 Å². The largest absolute Gasteiger partial charge is 0.368 e. The molecule has 1 aliphatic heterocycles. The molecule has 3 rings (SSSR count). The van der Waals surface area contributed by atoms with Crippen LogP contribution < -0.4 is 10.2 Å². The topological polar surface area (TPSA) is 70.5 Å². The summed E-state index contributed by atoms with van der Waals surface area (Å²) in [6.45, 7) is 10.1. The molecule has 172 valence electrons. The zero-order chi connectivity index (χ0) is 23.1. The van der Waals surface area contributed by atoms with Crippen molar-refractivity contribution in [2.75, 3.05) is 37.6 Å². The number of hydrogen-bond donors (Lipinski definition) is 1. The molecule has 8 heteroatoms. The fraction of sp³-hybridized carbons (Fsp3) is 0.458. The molecule has 1 aromatic heterocycles. The number of carbonyl (C=O) groups excluding carboxylic acids is 2. The second-order valence-corrected chi connectivity index (χ2v) is 8.80. The maximum absolute atomic E-state index is 12.5. The summed E-state index contributed by atoms with van der Waals surface area (Å²) in [4.78, 5) is 28.8. The number of carbonyl (C=O) groups is 2. The maximum atomic E-state index is 12.5. The van der Waals surface area contributed by atoms with Crippen LogP contribution in [0, 0.1) is 12.8 Å². The minimum absolute atomic E-state index is 0.0656. The van der Waals surface area contributed by atoms with Crippen molar-refractivity contribution in [1.29, 1.82) is 0 Å². The molecule has 1 aromatic carbocycles. The summed E-state index contributed by atoms with van der Waals surface area (Å²) in [6.07, 6.45) is 3.41. The van der Waals surface area contributed by atoms with Crippen LogP contribution in [-0.2, 0) is 16.1 Å². The van der Waals surface area contributed by atoms with Crippen LogP contribution in [0.1, 0.15) is 31.5 Å². The van der Waals surface area contributed by atoms with Crippen LogP contribution in [0.2, 0.25) is 5.15 Å². The van der Waals surface area contributed by atoms with Crippen LogP contribution in [0.4, 0.5) is 5.69 Å². The third kappa shape index (κ3) is 6.36. The lowest BCUT2D eigenvalue weighted by atomic mass is 10.2. The smallest absolute Gasteiger partial charge is 0.244 e. The second-order valence-electron chi connectivity index (χ2n) is 8.44. The van der Waals surface area contributed by atoms with Crippen LogP contribution in [0.25, 0.3) is 6.08 Å². The van der Waals surface area contributed by atoms with E-state index >= 15 is 0 Å². The minimum atomic E-state index is -0.251. The summed E-state index contributed by atoms with van der Waals surface area (Å²) in [7, 11) is 0.